The van der Waals surface area contributed by atoms with Crippen molar-refractivity contribution in [2.24, 2.45) is 0 Å². The van der Waals surface area contributed by atoms with Crippen molar-refractivity contribution >= 4 is 21.6 Å². The zero-order valence-electron chi connectivity index (χ0n) is 17.5. The van der Waals surface area contributed by atoms with E-state index in [2.05, 4.69) is 0 Å². The number of amides is 1. The summed E-state index contributed by atoms with van der Waals surface area (Å²) in [6, 6.07) is 33.7. The van der Waals surface area contributed by atoms with E-state index in [1.807, 2.05) is 42.5 Å². The van der Waals surface area contributed by atoms with Gasteiger partial charge in [0.05, 0.1) is 10.6 Å². The fourth-order valence-corrected chi connectivity index (χ4v) is 5.03. The second kappa shape index (κ2) is 9.62. The molecule has 4 rings (SSSR count). The van der Waals surface area contributed by atoms with Crippen LogP contribution in [0.3, 0.4) is 0 Å². The molecule has 0 saturated carbocycles. The van der Waals surface area contributed by atoms with E-state index < -0.39 is 15.9 Å². The van der Waals surface area contributed by atoms with Crippen LogP contribution in [0, 0.1) is 0 Å². The molecule has 4 nitrogen and oxygen atoms in total. The van der Waals surface area contributed by atoms with Gasteiger partial charge in [0.15, 0.2) is 0 Å². The van der Waals surface area contributed by atoms with Crippen LogP contribution in [0.25, 0.3) is 0 Å². The summed E-state index contributed by atoms with van der Waals surface area (Å²) in [6.45, 7) is 0. The number of aryl methyl sites for hydroxylation is 2. The van der Waals surface area contributed by atoms with Crippen molar-refractivity contribution in [2.75, 3.05) is 4.31 Å². The Balaban J connectivity index is 1.74. The van der Waals surface area contributed by atoms with Gasteiger partial charge in [0.25, 0.3) is 15.9 Å². The Bertz CT molecular complexity index is 1290. The van der Waals surface area contributed by atoms with E-state index in [9.17, 15) is 13.2 Å². The summed E-state index contributed by atoms with van der Waals surface area (Å²) in [6.07, 6.45) is 1.38. The Morgan fingerprint density at radius 1 is 0.625 bits per heavy atom. The number of rotatable bonds is 7. The molecule has 0 aromatic heterocycles. The minimum Gasteiger partial charge on any atom is -0.268 e. The van der Waals surface area contributed by atoms with Gasteiger partial charge >= 0.3 is 0 Å². The maximum absolute atomic E-state index is 13.7. The molecule has 4 aromatic carbocycles. The summed E-state index contributed by atoms with van der Waals surface area (Å²) < 4.78 is 28.0. The number of carbonyl (C=O) groups is 1. The third-order valence-electron chi connectivity index (χ3n) is 5.23. The Labute approximate surface area is 188 Å². The van der Waals surface area contributed by atoms with Gasteiger partial charge in [0.2, 0.25) is 0 Å². The van der Waals surface area contributed by atoms with Crippen molar-refractivity contribution in [3.8, 4) is 0 Å². The van der Waals surface area contributed by atoms with E-state index >= 15 is 0 Å². The van der Waals surface area contributed by atoms with Crippen molar-refractivity contribution in [1.29, 1.82) is 0 Å². The number of carbonyl (C=O) groups excluding carboxylic acids is 1. The maximum Gasteiger partial charge on any atom is 0.272 e. The maximum atomic E-state index is 13.7. The molecule has 1 amide bonds. The first kappa shape index (κ1) is 21.5. The molecule has 0 spiro atoms. The lowest BCUT2D eigenvalue weighted by Crippen LogP contribution is -2.37. The first-order valence-corrected chi connectivity index (χ1v) is 11.8. The van der Waals surface area contributed by atoms with Crippen LogP contribution >= 0.6 is 0 Å². The summed E-state index contributed by atoms with van der Waals surface area (Å²) in [5.41, 5.74) is 2.66. The lowest BCUT2D eigenvalue weighted by atomic mass is 9.99. The Morgan fingerprint density at radius 2 is 1.16 bits per heavy atom. The van der Waals surface area contributed by atoms with E-state index in [0.29, 0.717) is 17.7 Å². The van der Waals surface area contributed by atoms with Crippen LogP contribution < -0.4 is 4.31 Å². The minimum absolute atomic E-state index is 0.0685. The summed E-state index contributed by atoms with van der Waals surface area (Å²) in [5.74, 6) is -0.566. The molecule has 0 aliphatic heterocycles. The SMILES string of the molecule is O=C(c1ccccc1CCc1ccccc1)N(c1ccccc1)S(=O)(=O)c1ccccc1. The standard InChI is InChI=1S/C27H23NO3S/c29-27(26-19-11-10-14-23(26)21-20-22-12-4-1-5-13-22)28(24-15-6-2-7-16-24)32(30,31)25-17-8-3-9-18-25/h1-19H,20-21H2. The number of sulfonamides is 1. The van der Waals surface area contributed by atoms with Crippen molar-refractivity contribution in [1.82, 2.24) is 0 Å². The average Bonchev–Trinajstić information content (AvgIpc) is 2.85. The molecular formula is C27H23NO3S. The van der Waals surface area contributed by atoms with Crippen LogP contribution in [0.1, 0.15) is 21.5 Å². The van der Waals surface area contributed by atoms with Gasteiger partial charge in [-0.3, -0.25) is 4.79 Å². The first-order chi connectivity index (χ1) is 15.6. The fraction of sp³-hybridized carbons (Fsp3) is 0.0741. The van der Waals surface area contributed by atoms with Crippen LogP contribution in [-0.2, 0) is 22.9 Å². The molecule has 0 N–H and O–H groups in total. The minimum atomic E-state index is -4.10. The molecule has 0 aliphatic carbocycles. The molecule has 4 aromatic rings. The number of para-hydroxylation sites is 1. The van der Waals surface area contributed by atoms with Gasteiger partial charge in [-0.15, -0.1) is 0 Å². The van der Waals surface area contributed by atoms with Crippen molar-refractivity contribution < 1.29 is 13.2 Å². The van der Waals surface area contributed by atoms with Crippen molar-refractivity contribution in [3.05, 3.63) is 132 Å². The van der Waals surface area contributed by atoms with E-state index in [-0.39, 0.29) is 4.90 Å². The molecule has 0 radical (unpaired) electrons. The second-order valence-corrected chi connectivity index (χ2v) is 9.15. The lowest BCUT2D eigenvalue weighted by Gasteiger charge is -2.24. The van der Waals surface area contributed by atoms with Crippen LogP contribution in [-0.4, -0.2) is 14.3 Å². The van der Waals surface area contributed by atoms with E-state index in [4.69, 9.17) is 0 Å². The molecule has 160 valence electrons. The molecule has 0 heterocycles. The van der Waals surface area contributed by atoms with E-state index in [1.165, 1.54) is 12.1 Å². The number of hydrogen-bond acceptors (Lipinski definition) is 3. The van der Waals surface area contributed by atoms with Gasteiger partial charge in [0, 0.05) is 5.56 Å². The zero-order chi connectivity index (χ0) is 22.4. The Kier molecular flexibility index (Phi) is 6.47. The third-order valence-corrected chi connectivity index (χ3v) is 6.96. The average molecular weight is 442 g/mol. The topological polar surface area (TPSA) is 54.5 Å². The van der Waals surface area contributed by atoms with Crippen molar-refractivity contribution in [2.45, 2.75) is 17.7 Å². The predicted octanol–water partition coefficient (Wildman–Crippen LogP) is 5.51. The zero-order valence-corrected chi connectivity index (χ0v) is 18.3. The molecule has 0 saturated heterocycles. The number of anilines is 1. The van der Waals surface area contributed by atoms with Gasteiger partial charge in [-0.05, 0) is 54.3 Å². The molecule has 0 bridgehead atoms. The van der Waals surface area contributed by atoms with Gasteiger partial charge in [0.1, 0.15) is 0 Å². The highest BCUT2D eigenvalue weighted by Gasteiger charge is 2.32. The van der Waals surface area contributed by atoms with Gasteiger partial charge in [-0.2, -0.15) is 4.31 Å². The van der Waals surface area contributed by atoms with Crippen molar-refractivity contribution in [3.63, 3.8) is 0 Å². The van der Waals surface area contributed by atoms with E-state index in [1.54, 1.807) is 60.7 Å². The van der Waals surface area contributed by atoms with Crippen LogP contribution in [0.5, 0.6) is 0 Å². The first-order valence-electron chi connectivity index (χ1n) is 10.4. The monoisotopic (exact) mass is 441 g/mol. The molecule has 5 heteroatoms. The third kappa shape index (κ3) is 4.63. The summed E-state index contributed by atoms with van der Waals surface area (Å²) in [7, 11) is -4.10. The van der Waals surface area contributed by atoms with Crippen LogP contribution in [0.2, 0.25) is 0 Å². The smallest absolute Gasteiger partial charge is 0.268 e. The molecule has 0 unspecified atom stereocenters. The summed E-state index contributed by atoms with van der Waals surface area (Å²) >= 11 is 0. The molecule has 0 atom stereocenters. The quantitative estimate of drug-likeness (QED) is 0.380. The molecule has 32 heavy (non-hydrogen) atoms. The normalized spacial score (nSPS) is 11.1. The number of hydrogen-bond donors (Lipinski definition) is 0. The summed E-state index contributed by atoms with van der Waals surface area (Å²) in [5, 5.41) is 0. The van der Waals surface area contributed by atoms with Gasteiger partial charge in [-0.1, -0.05) is 84.9 Å². The number of nitrogens with zero attached hydrogens (tertiary/aromatic N) is 1. The molecular weight excluding hydrogens is 418 g/mol. The fourth-order valence-electron chi connectivity index (χ4n) is 3.61. The lowest BCUT2D eigenvalue weighted by molar-refractivity contribution is 0.100. The highest BCUT2D eigenvalue weighted by molar-refractivity contribution is 7.93. The molecule has 0 fully saturated rings. The van der Waals surface area contributed by atoms with Gasteiger partial charge < -0.3 is 0 Å². The highest BCUT2D eigenvalue weighted by atomic mass is 32.2. The summed E-state index contributed by atoms with van der Waals surface area (Å²) in [4.78, 5) is 13.8. The predicted molar refractivity (Wildman–Crippen MR) is 127 cm³/mol. The van der Waals surface area contributed by atoms with Crippen LogP contribution in [0.15, 0.2) is 120 Å². The Hall–Kier alpha value is -3.70. The Morgan fingerprint density at radius 3 is 1.81 bits per heavy atom. The largest absolute Gasteiger partial charge is 0.272 e. The number of benzene rings is 4. The highest BCUT2D eigenvalue weighted by Crippen LogP contribution is 2.27. The van der Waals surface area contributed by atoms with E-state index in [0.717, 1.165) is 21.9 Å². The molecule has 0 aliphatic rings. The van der Waals surface area contributed by atoms with Crippen LogP contribution in [0.4, 0.5) is 5.69 Å². The van der Waals surface area contributed by atoms with Gasteiger partial charge in [-0.25, -0.2) is 8.42 Å². The second-order valence-electron chi connectivity index (χ2n) is 7.37.